The maximum atomic E-state index is 12.7. The molecule has 1 heterocycles. The number of rotatable bonds is 4. The van der Waals surface area contributed by atoms with Gasteiger partial charge in [0.1, 0.15) is 0 Å². The van der Waals surface area contributed by atoms with E-state index in [-0.39, 0.29) is 23.2 Å². The SMILES string of the molecule is CNC1CCN(S(=O)(=O)c2ccc(C)c(NC(C)=O)c2)CC1.Cl. The van der Waals surface area contributed by atoms with E-state index in [1.54, 1.807) is 12.1 Å². The van der Waals surface area contributed by atoms with E-state index in [0.717, 1.165) is 18.4 Å². The van der Waals surface area contributed by atoms with E-state index in [0.29, 0.717) is 24.8 Å². The first kappa shape index (κ1) is 19.9. The largest absolute Gasteiger partial charge is 0.326 e. The van der Waals surface area contributed by atoms with Gasteiger partial charge < -0.3 is 10.6 Å². The molecule has 0 aromatic heterocycles. The molecule has 8 heteroatoms. The number of nitrogens with one attached hydrogen (secondary N) is 2. The van der Waals surface area contributed by atoms with Crippen LogP contribution in [0.3, 0.4) is 0 Å². The van der Waals surface area contributed by atoms with Crippen molar-refractivity contribution < 1.29 is 13.2 Å². The molecule has 1 aliphatic heterocycles. The zero-order valence-electron chi connectivity index (χ0n) is 13.6. The summed E-state index contributed by atoms with van der Waals surface area (Å²) in [5.74, 6) is -0.215. The molecule has 1 aromatic rings. The van der Waals surface area contributed by atoms with Crippen molar-refractivity contribution in [1.82, 2.24) is 9.62 Å². The minimum Gasteiger partial charge on any atom is -0.326 e. The van der Waals surface area contributed by atoms with Crippen molar-refractivity contribution in [3.05, 3.63) is 23.8 Å². The lowest BCUT2D eigenvalue weighted by atomic mass is 10.1. The monoisotopic (exact) mass is 361 g/mol. The number of amides is 1. The number of halogens is 1. The van der Waals surface area contributed by atoms with Gasteiger partial charge in [-0.25, -0.2) is 8.42 Å². The molecular formula is C15H24ClN3O3S. The van der Waals surface area contributed by atoms with Crippen LogP contribution in [0.15, 0.2) is 23.1 Å². The number of piperidine rings is 1. The van der Waals surface area contributed by atoms with E-state index in [1.165, 1.54) is 17.3 Å². The summed E-state index contributed by atoms with van der Waals surface area (Å²) in [6.07, 6.45) is 1.61. The summed E-state index contributed by atoms with van der Waals surface area (Å²) < 4.78 is 27.0. The zero-order valence-corrected chi connectivity index (χ0v) is 15.3. The molecule has 0 bridgehead atoms. The third-order valence-electron chi connectivity index (χ3n) is 4.02. The van der Waals surface area contributed by atoms with E-state index >= 15 is 0 Å². The number of carbonyl (C=O) groups is 1. The Morgan fingerprint density at radius 1 is 1.26 bits per heavy atom. The summed E-state index contributed by atoms with van der Waals surface area (Å²) in [5.41, 5.74) is 1.38. The maximum Gasteiger partial charge on any atom is 0.243 e. The average molecular weight is 362 g/mol. The second-order valence-electron chi connectivity index (χ2n) is 5.62. The first-order chi connectivity index (χ1) is 10.3. The van der Waals surface area contributed by atoms with Gasteiger partial charge in [0, 0.05) is 31.7 Å². The van der Waals surface area contributed by atoms with E-state index < -0.39 is 10.0 Å². The Morgan fingerprint density at radius 3 is 2.39 bits per heavy atom. The Morgan fingerprint density at radius 2 is 1.87 bits per heavy atom. The fourth-order valence-electron chi connectivity index (χ4n) is 2.62. The van der Waals surface area contributed by atoms with Gasteiger partial charge in [-0.2, -0.15) is 4.31 Å². The molecule has 0 radical (unpaired) electrons. The third-order valence-corrected chi connectivity index (χ3v) is 5.91. The topological polar surface area (TPSA) is 78.5 Å². The van der Waals surface area contributed by atoms with Gasteiger partial charge in [0.15, 0.2) is 0 Å². The van der Waals surface area contributed by atoms with Gasteiger partial charge in [-0.05, 0) is 44.5 Å². The van der Waals surface area contributed by atoms with Gasteiger partial charge in [-0.1, -0.05) is 6.07 Å². The summed E-state index contributed by atoms with van der Waals surface area (Å²) in [6, 6.07) is 5.23. The molecule has 0 unspecified atom stereocenters. The first-order valence-corrected chi connectivity index (χ1v) is 8.84. The molecule has 1 fully saturated rings. The lowest BCUT2D eigenvalue weighted by Gasteiger charge is -2.31. The number of nitrogens with zero attached hydrogens (tertiary/aromatic N) is 1. The highest BCUT2D eigenvalue weighted by molar-refractivity contribution is 7.89. The second-order valence-corrected chi connectivity index (χ2v) is 7.56. The molecule has 1 amide bonds. The smallest absolute Gasteiger partial charge is 0.243 e. The average Bonchev–Trinajstić information content (AvgIpc) is 2.49. The highest BCUT2D eigenvalue weighted by Crippen LogP contribution is 2.25. The summed E-state index contributed by atoms with van der Waals surface area (Å²) in [6.45, 7) is 4.26. The van der Waals surface area contributed by atoms with Crippen LogP contribution in [0.5, 0.6) is 0 Å². The number of carbonyl (C=O) groups excluding carboxylic acids is 1. The Labute approximate surface area is 144 Å². The highest BCUT2D eigenvalue weighted by atomic mass is 35.5. The predicted octanol–water partition coefficient (Wildman–Crippen LogP) is 1.75. The van der Waals surface area contributed by atoms with Crippen molar-refractivity contribution in [3.63, 3.8) is 0 Å². The number of benzene rings is 1. The van der Waals surface area contributed by atoms with Crippen molar-refractivity contribution in [1.29, 1.82) is 0 Å². The molecule has 130 valence electrons. The van der Waals surface area contributed by atoms with Crippen LogP contribution in [0.4, 0.5) is 5.69 Å². The van der Waals surface area contributed by atoms with Crippen LogP contribution in [-0.2, 0) is 14.8 Å². The number of anilines is 1. The molecule has 0 aliphatic carbocycles. The van der Waals surface area contributed by atoms with Crippen LogP contribution in [0.25, 0.3) is 0 Å². The first-order valence-electron chi connectivity index (χ1n) is 7.40. The van der Waals surface area contributed by atoms with Crippen molar-refractivity contribution in [2.45, 2.75) is 37.6 Å². The lowest BCUT2D eigenvalue weighted by Crippen LogP contribution is -2.43. The number of sulfonamides is 1. The minimum absolute atomic E-state index is 0. The second kappa shape index (κ2) is 8.10. The number of aryl methyl sites for hydroxylation is 1. The molecule has 2 N–H and O–H groups in total. The summed E-state index contributed by atoms with van der Waals surface area (Å²) >= 11 is 0. The van der Waals surface area contributed by atoms with E-state index in [4.69, 9.17) is 0 Å². The molecule has 1 aromatic carbocycles. The Kier molecular flexibility index (Phi) is 7.01. The summed E-state index contributed by atoms with van der Waals surface area (Å²) in [7, 11) is -1.62. The molecule has 2 rings (SSSR count). The standard InChI is InChI=1S/C15H23N3O3S.ClH/c1-11-4-5-14(10-15(11)17-12(2)19)22(20,21)18-8-6-13(16-3)7-9-18;/h4-5,10,13,16H,6-9H2,1-3H3,(H,17,19);1H. The van der Waals surface area contributed by atoms with E-state index in [2.05, 4.69) is 10.6 Å². The molecule has 6 nitrogen and oxygen atoms in total. The van der Waals surface area contributed by atoms with Gasteiger partial charge >= 0.3 is 0 Å². The molecule has 1 aliphatic rings. The van der Waals surface area contributed by atoms with E-state index in [9.17, 15) is 13.2 Å². The highest BCUT2D eigenvalue weighted by Gasteiger charge is 2.29. The van der Waals surface area contributed by atoms with Crippen LogP contribution in [0.2, 0.25) is 0 Å². The Hall–Kier alpha value is -1.15. The lowest BCUT2D eigenvalue weighted by molar-refractivity contribution is -0.114. The fraction of sp³-hybridized carbons (Fsp3) is 0.533. The Bertz CT molecular complexity index is 656. The maximum absolute atomic E-state index is 12.7. The normalized spacial score (nSPS) is 16.7. The molecule has 1 saturated heterocycles. The predicted molar refractivity (Wildman–Crippen MR) is 93.6 cm³/mol. The van der Waals surface area contributed by atoms with Crippen molar-refractivity contribution in [3.8, 4) is 0 Å². The number of hydrogen-bond acceptors (Lipinski definition) is 4. The van der Waals surface area contributed by atoms with Crippen LogP contribution >= 0.6 is 12.4 Å². The van der Waals surface area contributed by atoms with Crippen LogP contribution < -0.4 is 10.6 Å². The van der Waals surface area contributed by atoms with Crippen molar-refractivity contribution in [2.24, 2.45) is 0 Å². The van der Waals surface area contributed by atoms with Crippen molar-refractivity contribution >= 4 is 34.0 Å². The Balaban J connectivity index is 0.00000264. The van der Waals surface area contributed by atoms with Crippen molar-refractivity contribution in [2.75, 3.05) is 25.5 Å². The van der Waals surface area contributed by atoms with Gasteiger partial charge in [-0.3, -0.25) is 4.79 Å². The quantitative estimate of drug-likeness (QED) is 0.856. The fourth-order valence-corrected chi connectivity index (χ4v) is 4.12. The van der Waals surface area contributed by atoms with Crippen LogP contribution in [-0.4, -0.2) is 44.8 Å². The minimum atomic E-state index is -3.51. The van der Waals surface area contributed by atoms with Crippen LogP contribution in [0.1, 0.15) is 25.3 Å². The van der Waals surface area contributed by atoms with Crippen LogP contribution in [0, 0.1) is 6.92 Å². The van der Waals surface area contributed by atoms with Gasteiger partial charge in [-0.15, -0.1) is 12.4 Å². The number of hydrogen-bond donors (Lipinski definition) is 2. The molecular weight excluding hydrogens is 338 g/mol. The van der Waals surface area contributed by atoms with E-state index in [1.807, 2.05) is 14.0 Å². The summed E-state index contributed by atoms with van der Waals surface area (Å²) in [5, 5.41) is 5.86. The molecule has 0 spiro atoms. The van der Waals surface area contributed by atoms with Gasteiger partial charge in [0.2, 0.25) is 15.9 Å². The molecule has 23 heavy (non-hydrogen) atoms. The molecule has 0 saturated carbocycles. The van der Waals surface area contributed by atoms with Gasteiger partial charge in [0.25, 0.3) is 0 Å². The molecule has 0 atom stereocenters. The van der Waals surface area contributed by atoms with Gasteiger partial charge in [0.05, 0.1) is 4.90 Å². The zero-order chi connectivity index (χ0) is 16.3. The summed E-state index contributed by atoms with van der Waals surface area (Å²) in [4.78, 5) is 11.4. The third kappa shape index (κ3) is 4.67.